The van der Waals surface area contributed by atoms with E-state index in [2.05, 4.69) is 20.8 Å². The maximum Gasteiger partial charge on any atom is 0.308 e. The van der Waals surface area contributed by atoms with Crippen LogP contribution in [-0.4, -0.2) is 113 Å². The molecule has 69 heavy (non-hydrogen) atoms. The zero-order valence-corrected chi connectivity index (χ0v) is 44.1. The Labute approximate surface area is 409 Å². The second-order valence-electron chi connectivity index (χ2n) is 20.7. The monoisotopic (exact) mass is 984 g/mol. The Bertz CT molecular complexity index is 1990. The number of esters is 6. The Kier molecular flexibility index (Phi) is 20.1. The van der Waals surface area contributed by atoms with Crippen LogP contribution < -0.4 is 10.4 Å². The third-order valence-electron chi connectivity index (χ3n) is 11.8. The standard InChI is InChI=1S/C52H76O16Si/c1-30(2)44(53)59-28-39-41(64-47(56)33(7)8)42(65-48(57)34(9)10)43(66-49(58)35(11)12)50(62-39)68-52(29-60-45(54)31(3)4)40(63-46(55)32(5)6)26-36(67-52)27-61-69(51(13,14)15,37-22-18-16-19-23-37)38-24-20-17-21-25-38/h16-25,30-36,39-43,50H,26-29H2,1-15H3/t36-,39?,40+,41+,42-,43?,50+,52-/m0/s1. The summed E-state index contributed by atoms with van der Waals surface area (Å²) in [6, 6.07) is 19.9. The van der Waals surface area contributed by atoms with Gasteiger partial charge in [-0.05, 0) is 15.4 Å². The predicted molar refractivity (Wildman–Crippen MR) is 256 cm³/mol. The lowest BCUT2D eigenvalue weighted by Crippen LogP contribution is -2.67. The van der Waals surface area contributed by atoms with Gasteiger partial charge in [0.05, 0.1) is 48.2 Å². The number of carbonyl (C=O) groups excluding carboxylic acids is 6. The van der Waals surface area contributed by atoms with Gasteiger partial charge in [-0.25, -0.2) is 0 Å². The van der Waals surface area contributed by atoms with Crippen molar-refractivity contribution in [3.8, 4) is 0 Å². The number of hydrogen-bond donors (Lipinski definition) is 0. The molecule has 2 unspecified atom stereocenters. The van der Waals surface area contributed by atoms with Crippen molar-refractivity contribution in [2.24, 2.45) is 35.5 Å². The molecule has 2 aliphatic rings. The quantitative estimate of drug-likeness (QED) is 0.0751. The van der Waals surface area contributed by atoms with E-state index in [1.54, 1.807) is 83.1 Å². The first-order valence-electron chi connectivity index (χ1n) is 24.2. The van der Waals surface area contributed by atoms with Gasteiger partial charge >= 0.3 is 35.8 Å². The van der Waals surface area contributed by atoms with Gasteiger partial charge in [-0.1, -0.05) is 165 Å². The second kappa shape index (κ2) is 24.4. The van der Waals surface area contributed by atoms with Gasteiger partial charge in [0.1, 0.15) is 19.3 Å². The summed E-state index contributed by atoms with van der Waals surface area (Å²) < 4.78 is 63.7. The molecule has 0 N–H and O–H groups in total. The average Bonchev–Trinajstić information content (AvgIpc) is 3.62. The van der Waals surface area contributed by atoms with Crippen molar-refractivity contribution in [3.05, 3.63) is 60.7 Å². The summed E-state index contributed by atoms with van der Waals surface area (Å²) in [5.74, 6) is -10.3. The van der Waals surface area contributed by atoms with Crippen molar-refractivity contribution in [3.63, 3.8) is 0 Å². The summed E-state index contributed by atoms with van der Waals surface area (Å²) in [7, 11) is -3.20. The van der Waals surface area contributed by atoms with E-state index in [1.165, 1.54) is 0 Å². The van der Waals surface area contributed by atoms with E-state index >= 15 is 0 Å². The van der Waals surface area contributed by atoms with Gasteiger partial charge < -0.3 is 47.1 Å². The highest BCUT2D eigenvalue weighted by molar-refractivity contribution is 6.99. The summed E-state index contributed by atoms with van der Waals surface area (Å²) in [5.41, 5.74) is 0. The lowest BCUT2D eigenvalue weighted by molar-refractivity contribution is -0.384. The molecule has 2 fully saturated rings. The molecule has 384 valence electrons. The number of benzene rings is 2. The number of rotatable bonds is 21. The molecule has 0 bridgehead atoms. The van der Waals surface area contributed by atoms with Gasteiger partial charge in [0, 0.05) is 6.42 Å². The van der Waals surface area contributed by atoms with Crippen LogP contribution in [-0.2, 0) is 75.8 Å². The van der Waals surface area contributed by atoms with E-state index < -0.39 is 147 Å². The zero-order chi connectivity index (χ0) is 51.6. The highest BCUT2D eigenvalue weighted by Crippen LogP contribution is 2.43. The fourth-order valence-electron chi connectivity index (χ4n) is 7.77. The molecule has 2 aromatic rings. The SMILES string of the molecule is CC(C)C(=O)OCC1O[C@H](O[C@]2(COC(=O)C(C)C)O[C@H](CO[Si](c3ccccc3)(c3ccccc3)C(C)(C)C)C[C@H]2OC(=O)C(C)C)C(OC(=O)C(C)C)[C@@H](OC(=O)C(C)C)[C@@H]1OC(=O)C(C)C. The Morgan fingerprint density at radius 2 is 0.986 bits per heavy atom. The molecule has 0 radical (unpaired) electrons. The third kappa shape index (κ3) is 14.2. The highest BCUT2D eigenvalue weighted by Gasteiger charge is 2.61. The normalized spacial score (nSPS) is 24.2. The van der Waals surface area contributed by atoms with Gasteiger partial charge in [-0.15, -0.1) is 0 Å². The van der Waals surface area contributed by atoms with Crippen LogP contribution in [0.2, 0.25) is 5.04 Å². The maximum atomic E-state index is 13.7. The molecule has 2 aliphatic heterocycles. The molecule has 0 aromatic heterocycles. The summed E-state index contributed by atoms with van der Waals surface area (Å²) >= 11 is 0. The molecule has 4 rings (SSSR count). The molecule has 0 saturated carbocycles. The first kappa shape index (κ1) is 56.9. The highest BCUT2D eigenvalue weighted by atomic mass is 28.4. The molecule has 2 heterocycles. The molecule has 2 aromatic carbocycles. The zero-order valence-electron chi connectivity index (χ0n) is 43.1. The van der Waals surface area contributed by atoms with Gasteiger partial charge in [-0.3, -0.25) is 28.8 Å². The minimum Gasteiger partial charge on any atom is -0.463 e. The molecule has 16 nitrogen and oxygen atoms in total. The van der Waals surface area contributed by atoms with Gasteiger partial charge in [0.2, 0.25) is 12.1 Å². The Hall–Kier alpha value is -4.68. The Morgan fingerprint density at radius 1 is 0.565 bits per heavy atom. The van der Waals surface area contributed by atoms with E-state index in [4.69, 9.17) is 47.1 Å². The van der Waals surface area contributed by atoms with Crippen LogP contribution in [0.5, 0.6) is 0 Å². The molecule has 2 saturated heterocycles. The first-order valence-corrected chi connectivity index (χ1v) is 26.1. The van der Waals surface area contributed by atoms with Crippen molar-refractivity contribution in [1.82, 2.24) is 0 Å². The summed E-state index contributed by atoms with van der Waals surface area (Å²) in [5, 5.41) is 1.57. The fraction of sp³-hybridized carbons (Fsp3) is 0.654. The summed E-state index contributed by atoms with van der Waals surface area (Å²) in [4.78, 5) is 80.9. The summed E-state index contributed by atoms with van der Waals surface area (Å²) in [6.07, 6.45) is -10.3. The molecule has 17 heteroatoms. The topological polar surface area (TPSA) is 195 Å². The lowest BCUT2D eigenvalue weighted by atomic mass is 9.97. The largest absolute Gasteiger partial charge is 0.463 e. The molecule has 8 atom stereocenters. The van der Waals surface area contributed by atoms with E-state index in [9.17, 15) is 28.8 Å². The molecular weight excluding hydrogens is 909 g/mol. The van der Waals surface area contributed by atoms with Gasteiger partial charge in [0.25, 0.3) is 8.32 Å². The molecular formula is C52H76O16Si. The van der Waals surface area contributed by atoms with E-state index in [0.717, 1.165) is 10.4 Å². The van der Waals surface area contributed by atoms with Crippen LogP contribution in [0.3, 0.4) is 0 Å². The minimum absolute atomic E-state index is 0.0329. The van der Waals surface area contributed by atoms with Crippen molar-refractivity contribution in [1.29, 1.82) is 0 Å². The van der Waals surface area contributed by atoms with Crippen LogP contribution in [0.4, 0.5) is 0 Å². The Balaban J connectivity index is 1.96. The summed E-state index contributed by atoms with van der Waals surface area (Å²) in [6.45, 7) is 24.5. The Morgan fingerprint density at radius 3 is 1.43 bits per heavy atom. The van der Waals surface area contributed by atoms with Crippen LogP contribution >= 0.6 is 0 Å². The number of ether oxygens (including phenoxy) is 9. The minimum atomic E-state index is -3.20. The van der Waals surface area contributed by atoms with Crippen molar-refractivity contribution in [2.75, 3.05) is 19.8 Å². The van der Waals surface area contributed by atoms with Crippen LogP contribution in [0.15, 0.2) is 60.7 Å². The van der Waals surface area contributed by atoms with Crippen LogP contribution in [0.1, 0.15) is 110 Å². The first-order chi connectivity index (χ1) is 32.2. The van der Waals surface area contributed by atoms with Crippen LogP contribution in [0.25, 0.3) is 0 Å². The van der Waals surface area contributed by atoms with Crippen molar-refractivity contribution < 1.29 is 75.8 Å². The van der Waals surface area contributed by atoms with E-state index in [0.29, 0.717) is 0 Å². The molecule has 0 spiro atoms. The average molecular weight is 985 g/mol. The number of hydrogen-bond acceptors (Lipinski definition) is 16. The predicted octanol–water partition coefficient (Wildman–Crippen LogP) is 6.46. The second-order valence-corrected chi connectivity index (χ2v) is 25.0. The smallest absolute Gasteiger partial charge is 0.308 e. The van der Waals surface area contributed by atoms with Crippen molar-refractivity contribution >= 4 is 54.5 Å². The van der Waals surface area contributed by atoms with Crippen LogP contribution in [0, 0.1) is 35.5 Å². The lowest BCUT2D eigenvalue weighted by Gasteiger charge is -2.47. The third-order valence-corrected chi connectivity index (χ3v) is 16.8. The van der Waals surface area contributed by atoms with E-state index in [1.807, 2.05) is 60.7 Å². The van der Waals surface area contributed by atoms with Crippen molar-refractivity contribution in [2.45, 2.75) is 164 Å². The van der Waals surface area contributed by atoms with Gasteiger partial charge in [-0.2, -0.15) is 0 Å². The maximum absolute atomic E-state index is 13.7. The molecule has 0 aliphatic carbocycles. The van der Waals surface area contributed by atoms with Gasteiger partial charge in [0.15, 0.2) is 24.4 Å². The number of carbonyl (C=O) groups is 6. The molecule has 0 amide bonds. The van der Waals surface area contributed by atoms with E-state index in [-0.39, 0.29) is 13.0 Å². The fourth-order valence-corrected chi connectivity index (χ4v) is 12.4.